The summed E-state index contributed by atoms with van der Waals surface area (Å²) >= 11 is 6.01. The Labute approximate surface area is 98.2 Å². The minimum atomic E-state index is 0.532. The zero-order chi connectivity index (χ0) is 11.5. The smallest absolute Gasteiger partial charge is 0.169 e. The number of nitrogen functional groups attached to an aromatic ring is 1. The molecule has 0 aliphatic heterocycles. The molecule has 1 aromatic carbocycles. The molecular weight excluding hydrogens is 226 g/mol. The van der Waals surface area contributed by atoms with Gasteiger partial charge in [0.2, 0.25) is 0 Å². The van der Waals surface area contributed by atoms with Gasteiger partial charge in [-0.15, -0.1) is 0 Å². The van der Waals surface area contributed by atoms with Crippen LogP contribution >= 0.6 is 11.6 Å². The molecule has 84 valence electrons. The highest BCUT2D eigenvalue weighted by atomic mass is 35.5. The number of aromatic nitrogens is 3. The molecule has 0 unspecified atom stereocenters. The number of nitrogens with two attached hydrogens (primary N) is 1. The van der Waals surface area contributed by atoms with Crippen LogP contribution in [0.3, 0.4) is 0 Å². The molecule has 0 aliphatic carbocycles. The van der Waals surface area contributed by atoms with Gasteiger partial charge in [0.05, 0.1) is 17.3 Å². The van der Waals surface area contributed by atoms with E-state index in [1.54, 1.807) is 23.1 Å². The van der Waals surface area contributed by atoms with Crippen LogP contribution in [-0.2, 0) is 13.6 Å². The third-order valence-corrected chi connectivity index (χ3v) is 2.39. The predicted octanol–water partition coefficient (Wildman–Crippen LogP) is 1.66. The van der Waals surface area contributed by atoms with Crippen LogP contribution in [0.5, 0.6) is 0 Å². The largest absolute Gasteiger partial charge is 0.399 e. The van der Waals surface area contributed by atoms with Gasteiger partial charge in [-0.1, -0.05) is 11.6 Å². The van der Waals surface area contributed by atoms with E-state index in [-0.39, 0.29) is 0 Å². The van der Waals surface area contributed by atoms with Crippen LogP contribution in [0.2, 0.25) is 5.02 Å². The van der Waals surface area contributed by atoms with E-state index in [2.05, 4.69) is 15.4 Å². The molecule has 2 rings (SSSR count). The number of anilines is 2. The summed E-state index contributed by atoms with van der Waals surface area (Å²) in [5.74, 6) is 0.718. The van der Waals surface area contributed by atoms with Crippen molar-refractivity contribution in [3.63, 3.8) is 0 Å². The van der Waals surface area contributed by atoms with E-state index < -0.39 is 0 Å². The van der Waals surface area contributed by atoms with Crippen LogP contribution < -0.4 is 11.1 Å². The molecule has 6 heteroatoms. The summed E-state index contributed by atoms with van der Waals surface area (Å²) < 4.78 is 1.65. The van der Waals surface area contributed by atoms with Crippen molar-refractivity contribution in [3.05, 3.63) is 35.4 Å². The first-order chi connectivity index (χ1) is 7.65. The van der Waals surface area contributed by atoms with Gasteiger partial charge in [0.1, 0.15) is 6.33 Å². The molecule has 2 aromatic rings. The van der Waals surface area contributed by atoms with Crippen molar-refractivity contribution in [2.75, 3.05) is 11.1 Å². The average Bonchev–Trinajstić information content (AvgIpc) is 2.63. The van der Waals surface area contributed by atoms with Crippen molar-refractivity contribution in [1.29, 1.82) is 0 Å². The Morgan fingerprint density at radius 1 is 1.50 bits per heavy atom. The van der Waals surface area contributed by atoms with Crippen molar-refractivity contribution in [1.82, 2.24) is 14.8 Å². The zero-order valence-electron chi connectivity index (χ0n) is 8.81. The van der Waals surface area contributed by atoms with E-state index in [0.717, 1.165) is 11.5 Å². The molecule has 0 fully saturated rings. The van der Waals surface area contributed by atoms with E-state index in [1.165, 1.54) is 0 Å². The third-order valence-electron chi connectivity index (χ3n) is 2.08. The standard InChI is InChI=1S/C10H12ClN5/c1-16-6-14-10(15-16)5-13-9-3-2-7(12)4-8(9)11/h2-4,6,13H,5,12H2,1H3. The molecule has 0 saturated carbocycles. The lowest BCUT2D eigenvalue weighted by molar-refractivity contribution is 0.747. The highest BCUT2D eigenvalue weighted by Gasteiger charge is 2.02. The van der Waals surface area contributed by atoms with E-state index in [9.17, 15) is 0 Å². The maximum atomic E-state index is 6.01. The Hall–Kier alpha value is -1.75. The van der Waals surface area contributed by atoms with Crippen LogP contribution in [-0.4, -0.2) is 14.8 Å². The number of halogens is 1. The average molecular weight is 238 g/mol. The van der Waals surface area contributed by atoms with Gasteiger partial charge in [0, 0.05) is 12.7 Å². The van der Waals surface area contributed by atoms with Gasteiger partial charge in [-0.05, 0) is 18.2 Å². The summed E-state index contributed by atoms with van der Waals surface area (Å²) in [6.45, 7) is 0.532. The van der Waals surface area contributed by atoms with Gasteiger partial charge in [0.15, 0.2) is 5.82 Å². The highest BCUT2D eigenvalue weighted by Crippen LogP contribution is 2.24. The first-order valence-electron chi connectivity index (χ1n) is 4.78. The first-order valence-corrected chi connectivity index (χ1v) is 5.16. The van der Waals surface area contributed by atoms with Gasteiger partial charge in [-0.2, -0.15) is 5.10 Å². The Bertz CT molecular complexity index is 494. The van der Waals surface area contributed by atoms with Crippen LogP contribution in [0, 0.1) is 0 Å². The second kappa shape index (κ2) is 4.40. The number of rotatable bonds is 3. The third kappa shape index (κ3) is 2.43. The summed E-state index contributed by atoms with van der Waals surface area (Å²) in [4.78, 5) is 4.10. The quantitative estimate of drug-likeness (QED) is 0.797. The fraction of sp³-hybridized carbons (Fsp3) is 0.200. The van der Waals surface area contributed by atoms with Crippen LogP contribution in [0.1, 0.15) is 5.82 Å². The van der Waals surface area contributed by atoms with E-state index >= 15 is 0 Å². The van der Waals surface area contributed by atoms with Crippen molar-refractivity contribution in [2.24, 2.45) is 7.05 Å². The topological polar surface area (TPSA) is 68.8 Å². The number of benzene rings is 1. The number of hydrogen-bond acceptors (Lipinski definition) is 4. The van der Waals surface area contributed by atoms with Crippen molar-refractivity contribution >= 4 is 23.0 Å². The van der Waals surface area contributed by atoms with Crippen LogP contribution in [0.4, 0.5) is 11.4 Å². The number of nitrogens with one attached hydrogen (secondary N) is 1. The fourth-order valence-corrected chi connectivity index (χ4v) is 1.57. The summed E-state index contributed by atoms with van der Waals surface area (Å²) in [5, 5.41) is 7.89. The molecule has 0 aliphatic rings. The van der Waals surface area contributed by atoms with Gasteiger partial charge in [-0.3, -0.25) is 4.68 Å². The molecule has 0 spiro atoms. The Morgan fingerprint density at radius 2 is 2.31 bits per heavy atom. The van der Waals surface area contributed by atoms with E-state index in [4.69, 9.17) is 17.3 Å². The maximum absolute atomic E-state index is 6.01. The number of aryl methyl sites for hydroxylation is 1. The minimum Gasteiger partial charge on any atom is -0.399 e. The monoisotopic (exact) mass is 237 g/mol. The zero-order valence-corrected chi connectivity index (χ0v) is 9.57. The molecular formula is C10H12ClN5. The summed E-state index contributed by atoms with van der Waals surface area (Å²) in [6.07, 6.45) is 1.65. The summed E-state index contributed by atoms with van der Waals surface area (Å²) in [5.41, 5.74) is 7.07. The molecule has 16 heavy (non-hydrogen) atoms. The Kier molecular flexibility index (Phi) is 2.96. The molecule has 0 bridgehead atoms. The molecule has 3 N–H and O–H groups in total. The van der Waals surface area contributed by atoms with Gasteiger partial charge >= 0.3 is 0 Å². The van der Waals surface area contributed by atoms with Gasteiger partial charge < -0.3 is 11.1 Å². The molecule has 0 radical (unpaired) electrons. The van der Waals surface area contributed by atoms with Crippen LogP contribution in [0.25, 0.3) is 0 Å². The number of nitrogens with zero attached hydrogens (tertiary/aromatic N) is 3. The molecule has 1 heterocycles. The lowest BCUT2D eigenvalue weighted by atomic mass is 10.3. The molecule has 0 atom stereocenters. The fourth-order valence-electron chi connectivity index (χ4n) is 1.31. The summed E-state index contributed by atoms with van der Waals surface area (Å²) in [6, 6.07) is 5.33. The lowest BCUT2D eigenvalue weighted by Crippen LogP contribution is -2.03. The predicted molar refractivity (Wildman–Crippen MR) is 64.2 cm³/mol. The Morgan fingerprint density at radius 3 is 2.94 bits per heavy atom. The SMILES string of the molecule is Cn1cnc(CNc2ccc(N)cc2Cl)n1. The maximum Gasteiger partial charge on any atom is 0.169 e. The van der Waals surface area contributed by atoms with Crippen LogP contribution in [0.15, 0.2) is 24.5 Å². The molecule has 1 aromatic heterocycles. The van der Waals surface area contributed by atoms with Gasteiger partial charge in [0.25, 0.3) is 0 Å². The van der Waals surface area contributed by atoms with Crippen molar-refractivity contribution < 1.29 is 0 Å². The minimum absolute atomic E-state index is 0.532. The van der Waals surface area contributed by atoms with Gasteiger partial charge in [-0.25, -0.2) is 4.98 Å². The lowest BCUT2D eigenvalue weighted by Gasteiger charge is -2.06. The normalized spacial score (nSPS) is 10.4. The molecule has 5 nitrogen and oxygen atoms in total. The molecule has 0 amide bonds. The first kappa shape index (κ1) is 10.8. The second-order valence-electron chi connectivity index (χ2n) is 3.43. The van der Waals surface area contributed by atoms with E-state index in [0.29, 0.717) is 17.3 Å². The second-order valence-corrected chi connectivity index (χ2v) is 3.83. The summed E-state index contributed by atoms with van der Waals surface area (Å²) in [7, 11) is 1.83. The molecule has 0 saturated heterocycles. The van der Waals surface area contributed by atoms with E-state index in [1.807, 2.05) is 13.1 Å². The number of hydrogen-bond donors (Lipinski definition) is 2. The Balaban J connectivity index is 2.04. The highest BCUT2D eigenvalue weighted by molar-refractivity contribution is 6.33. The van der Waals surface area contributed by atoms with Crippen molar-refractivity contribution in [3.8, 4) is 0 Å². The van der Waals surface area contributed by atoms with Crippen molar-refractivity contribution in [2.45, 2.75) is 6.54 Å².